The van der Waals surface area contributed by atoms with Gasteiger partial charge in [-0.2, -0.15) is 0 Å². The average Bonchev–Trinajstić information content (AvgIpc) is 2.43. The minimum absolute atomic E-state index is 0.0504. The Morgan fingerprint density at radius 2 is 2.20 bits per heavy atom. The molecule has 2 unspecified atom stereocenters. The number of benzene rings is 1. The van der Waals surface area contributed by atoms with Crippen LogP contribution in [-0.4, -0.2) is 29.8 Å². The lowest BCUT2D eigenvalue weighted by Crippen LogP contribution is -2.46. The van der Waals surface area contributed by atoms with Crippen LogP contribution in [0.5, 0.6) is 5.75 Å². The molecule has 0 spiro atoms. The number of nitrogens with one attached hydrogen (secondary N) is 1. The third-order valence-electron chi connectivity index (χ3n) is 3.34. The highest BCUT2D eigenvalue weighted by Gasteiger charge is 2.24. The highest BCUT2D eigenvalue weighted by atomic mass is 35.5. The van der Waals surface area contributed by atoms with E-state index >= 15 is 0 Å². The van der Waals surface area contributed by atoms with E-state index in [4.69, 9.17) is 16.3 Å². The van der Waals surface area contributed by atoms with Gasteiger partial charge < -0.3 is 15.2 Å². The van der Waals surface area contributed by atoms with Crippen molar-refractivity contribution in [3.8, 4) is 5.75 Å². The van der Waals surface area contributed by atoms with Crippen molar-refractivity contribution in [3.63, 3.8) is 0 Å². The Morgan fingerprint density at radius 3 is 2.90 bits per heavy atom. The maximum Gasteiger partial charge on any atom is 0.258 e. The second-order valence-corrected chi connectivity index (χ2v) is 5.30. The summed E-state index contributed by atoms with van der Waals surface area (Å²) in [5.74, 6) is -0.513. The molecule has 1 saturated carbocycles. The number of hydrogen-bond acceptors (Lipinski definition) is 3. The van der Waals surface area contributed by atoms with Gasteiger partial charge in [-0.1, -0.05) is 24.4 Å². The predicted octanol–water partition coefficient (Wildman–Crippen LogP) is 2.28. The lowest BCUT2D eigenvalue weighted by atomic mass is 9.92. The summed E-state index contributed by atoms with van der Waals surface area (Å²) in [7, 11) is 0. The van der Waals surface area contributed by atoms with Gasteiger partial charge in [-0.15, -0.1) is 0 Å². The Balaban J connectivity index is 1.81. The molecule has 1 aromatic rings. The topological polar surface area (TPSA) is 58.6 Å². The van der Waals surface area contributed by atoms with Gasteiger partial charge in [0.25, 0.3) is 5.91 Å². The number of hydrogen-bond donors (Lipinski definition) is 2. The Kier molecular flexibility index (Phi) is 5.20. The minimum atomic E-state index is -0.534. The number of carbonyl (C=O) groups is 1. The van der Waals surface area contributed by atoms with E-state index in [9.17, 15) is 14.3 Å². The van der Waals surface area contributed by atoms with Crippen LogP contribution in [0.4, 0.5) is 4.39 Å². The molecular formula is C14H17ClFNO3. The van der Waals surface area contributed by atoms with E-state index in [-0.39, 0.29) is 23.6 Å². The van der Waals surface area contributed by atoms with Gasteiger partial charge in [0, 0.05) is 6.07 Å². The van der Waals surface area contributed by atoms with Crippen LogP contribution in [-0.2, 0) is 4.79 Å². The number of aliphatic hydroxyl groups is 1. The van der Waals surface area contributed by atoms with Gasteiger partial charge in [0.15, 0.2) is 6.61 Å². The highest BCUT2D eigenvalue weighted by molar-refractivity contribution is 6.30. The summed E-state index contributed by atoms with van der Waals surface area (Å²) in [6.45, 7) is -0.189. The first-order valence-electron chi connectivity index (χ1n) is 6.61. The monoisotopic (exact) mass is 301 g/mol. The molecule has 0 bridgehead atoms. The fourth-order valence-electron chi connectivity index (χ4n) is 2.24. The van der Waals surface area contributed by atoms with Gasteiger partial charge in [-0.25, -0.2) is 4.39 Å². The molecule has 0 saturated heterocycles. The van der Waals surface area contributed by atoms with Crippen molar-refractivity contribution < 1.29 is 19.0 Å². The SMILES string of the molecule is O=C(COc1ccc(F)c(Cl)c1)NC1CCCCC1O. The van der Waals surface area contributed by atoms with Crippen molar-refractivity contribution >= 4 is 17.5 Å². The normalized spacial score (nSPS) is 22.4. The molecule has 110 valence electrons. The average molecular weight is 302 g/mol. The lowest BCUT2D eigenvalue weighted by Gasteiger charge is -2.28. The van der Waals surface area contributed by atoms with Gasteiger partial charge >= 0.3 is 0 Å². The second-order valence-electron chi connectivity index (χ2n) is 4.89. The molecular weight excluding hydrogens is 285 g/mol. The van der Waals surface area contributed by atoms with Crippen LogP contribution in [0.1, 0.15) is 25.7 Å². The van der Waals surface area contributed by atoms with E-state index in [0.29, 0.717) is 12.2 Å². The van der Waals surface area contributed by atoms with Crippen molar-refractivity contribution in [3.05, 3.63) is 29.0 Å². The molecule has 1 amide bonds. The fourth-order valence-corrected chi connectivity index (χ4v) is 2.41. The second kappa shape index (κ2) is 6.90. The number of aliphatic hydroxyl groups excluding tert-OH is 1. The molecule has 6 heteroatoms. The zero-order chi connectivity index (χ0) is 14.5. The molecule has 1 aliphatic carbocycles. The first kappa shape index (κ1) is 15.1. The maximum absolute atomic E-state index is 13.0. The summed E-state index contributed by atoms with van der Waals surface area (Å²) in [5, 5.41) is 12.4. The summed E-state index contributed by atoms with van der Waals surface area (Å²) in [5.41, 5.74) is 0. The van der Waals surface area contributed by atoms with E-state index in [1.54, 1.807) is 0 Å². The molecule has 20 heavy (non-hydrogen) atoms. The zero-order valence-corrected chi connectivity index (χ0v) is 11.7. The van der Waals surface area contributed by atoms with Crippen molar-refractivity contribution in [1.82, 2.24) is 5.32 Å². The number of rotatable bonds is 4. The van der Waals surface area contributed by atoms with Crippen molar-refractivity contribution in [1.29, 1.82) is 0 Å². The van der Waals surface area contributed by atoms with Crippen LogP contribution in [0.15, 0.2) is 18.2 Å². The molecule has 2 N–H and O–H groups in total. The smallest absolute Gasteiger partial charge is 0.258 e. The quantitative estimate of drug-likeness (QED) is 0.897. The predicted molar refractivity (Wildman–Crippen MR) is 73.3 cm³/mol. The minimum Gasteiger partial charge on any atom is -0.484 e. The molecule has 0 aliphatic heterocycles. The molecule has 0 heterocycles. The summed E-state index contributed by atoms with van der Waals surface area (Å²) in [4.78, 5) is 11.7. The summed E-state index contributed by atoms with van der Waals surface area (Å²) >= 11 is 5.62. The summed E-state index contributed by atoms with van der Waals surface area (Å²) in [6.07, 6.45) is 2.97. The molecule has 0 radical (unpaired) electrons. The molecule has 2 rings (SSSR count). The fraction of sp³-hybridized carbons (Fsp3) is 0.500. The van der Waals surface area contributed by atoms with Crippen molar-refractivity contribution in [2.24, 2.45) is 0 Å². The molecule has 1 aliphatic rings. The van der Waals surface area contributed by atoms with Crippen LogP contribution in [0, 0.1) is 5.82 Å². The van der Waals surface area contributed by atoms with Gasteiger partial charge in [0.1, 0.15) is 11.6 Å². The summed E-state index contributed by atoms with van der Waals surface area (Å²) in [6, 6.07) is 3.70. The van der Waals surface area contributed by atoms with Crippen LogP contribution in [0.2, 0.25) is 5.02 Å². The van der Waals surface area contributed by atoms with E-state index in [2.05, 4.69) is 5.32 Å². The number of ether oxygens (including phenoxy) is 1. The Labute approximate surface area is 121 Å². The van der Waals surface area contributed by atoms with E-state index in [1.165, 1.54) is 18.2 Å². The highest BCUT2D eigenvalue weighted by Crippen LogP contribution is 2.21. The first-order chi connectivity index (χ1) is 9.56. The van der Waals surface area contributed by atoms with Gasteiger partial charge in [-0.05, 0) is 25.0 Å². The van der Waals surface area contributed by atoms with Crippen LogP contribution < -0.4 is 10.1 Å². The van der Waals surface area contributed by atoms with Crippen LogP contribution in [0.3, 0.4) is 0 Å². The number of amides is 1. The first-order valence-corrected chi connectivity index (χ1v) is 6.99. The third-order valence-corrected chi connectivity index (χ3v) is 3.63. The lowest BCUT2D eigenvalue weighted by molar-refractivity contribution is -0.125. The van der Waals surface area contributed by atoms with Gasteiger partial charge in [0.2, 0.25) is 0 Å². The Hall–Kier alpha value is -1.33. The molecule has 1 aromatic carbocycles. The van der Waals surface area contributed by atoms with E-state index in [1.807, 2.05) is 0 Å². The van der Waals surface area contributed by atoms with Gasteiger partial charge in [0.05, 0.1) is 17.2 Å². The van der Waals surface area contributed by atoms with Gasteiger partial charge in [-0.3, -0.25) is 4.79 Å². The zero-order valence-electron chi connectivity index (χ0n) is 10.9. The third kappa shape index (κ3) is 4.08. The summed E-state index contributed by atoms with van der Waals surface area (Å²) < 4.78 is 18.2. The molecule has 2 atom stereocenters. The van der Waals surface area contributed by atoms with E-state index < -0.39 is 11.9 Å². The molecule has 0 aromatic heterocycles. The maximum atomic E-state index is 13.0. The number of halogens is 2. The largest absolute Gasteiger partial charge is 0.484 e. The van der Waals surface area contributed by atoms with Crippen LogP contribution in [0.25, 0.3) is 0 Å². The standard InChI is InChI=1S/C14H17ClFNO3/c15-10-7-9(5-6-11(10)16)20-8-14(19)17-12-3-1-2-4-13(12)18/h5-7,12-13,18H,1-4,8H2,(H,17,19). The number of carbonyl (C=O) groups excluding carboxylic acids is 1. The molecule has 4 nitrogen and oxygen atoms in total. The van der Waals surface area contributed by atoms with Crippen molar-refractivity contribution in [2.45, 2.75) is 37.8 Å². The Bertz CT molecular complexity index is 483. The molecule has 1 fully saturated rings. The Morgan fingerprint density at radius 1 is 1.45 bits per heavy atom. The van der Waals surface area contributed by atoms with Crippen LogP contribution >= 0.6 is 11.6 Å². The van der Waals surface area contributed by atoms with E-state index in [0.717, 1.165) is 19.3 Å². The van der Waals surface area contributed by atoms with Crippen molar-refractivity contribution in [2.75, 3.05) is 6.61 Å².